The first-order chi connectivity index (χ1) is 20.0. The molecule has 3 N–H and O–H groups in total. The minimum Gasteiger partial charge on any atom is -0.385 e. The van der Waals surface area contributed by atoms with Crippen molar-refractivity contribution in [1.82, 2.24) is 24.8 Å². The predicted molar refractivity (Wildman–Crippen MR) is 160 cm³/mol. The molecule has 10 nitrogen and oxygen atoms in total. The fourth-order valence-corrected chi connectivity index (χ4v) is 6.01. The number of ether oxygens (including phenoxy) is 1. The Morgan fingerprint density at radius 2 is 1.88 bits per heavy atom. The number of benzene rings is 1. The van der Waals surface area contributed by atoms with Gasteiger partial charge in [0.05, 0.1) is 11.0 Å². The third-order valence-electron chi connectivity index (χ3n) is 8.16. The number of nitrogens with zero attached hydrogens (tertiary/aromatic N) is 5. The fourth-order valence-electron chi connectivity index (χ4n) is 6.01. The molecule has 0 unspecified atom stereocenters. The maximum absolute atomic E-state index is 13.3. The molecule has 220 valence electrons. The Bertz CT molecular complexity index is 1320. The topological polar surface area (TPSA) is 119 Å². The average molecular weight is 562 g/mol. The third-order valence-corrected chi connectivity index (χ3v) is 8.16. The van der Waals surface area contributed by atoms with Crippen molar-refractivity contribution in [3.8, 4) is 0 Å². The number of nitrogens with one attached hydrogen (secondary N) is 1. The molecule has 41 heavy (non-hydrogen) atoms. The molecular formula is C31H43N7O3. The number of rotatable bonds is 11. The minimum atomic E-state index is -0.476. The largest absolute Gasteiger partial charge is 0.385 e. The predicted octanol–water partition coefficient (Wildman–Crippen LogP) is 3.31. The molecule has 2 aliphatic heterocycles. The number of likely N-dealkylation sites (tertiary alicyclic amines) is 1. The highest BCUT2D eigenvalue weighted by atomic mass is 16.5. The quantitative estimate of drug-likeness (QED) is 0.345. The molecule has 2 fully saturated rings. The van der Waals surface area contributed by atoms with Crippen LogP contribution in [-0.4, -0.2) is 83.7 Å². The number of methoxy groups -OCH3 is 1. The number of amides is 2. The molecule has 2 aromatic heterocycles. The maximum atomic E-state index is 13.3. The Kier molecular flexibility index (Phi) is 9.84. The minimum absolute atomic E-state index is 0.0173. The number of nitrogens with two attached hydrogens (primary N) is 1. The van der Waals surface area contributed by atoms with Crippen molar-refractivity contribution >= 4 is 28.7 Å². The first kappa shape index (κ1) is 29.0. The van der Waals surface area contributed by atoms with Crippen LogP contribution in [0.1, 0.15) is 67.2 Å². The van der Waals surface area contributed by atoms with E-state index in [0.29, 0.717) is 25.4 Å². The number of carbonyl (C=O) groups is 2. The molecule has 4 heterocycles. The monoisotopic (exact) mass is 561 g/mol. The molecular weight excluding hydrogens is 518 g/mol. The number of imidazole rings is 1. The van der Waals surface area contributed by atoms with Crippen molar-refractivity contribution in [2.24, 2.45) is 5.73 Å². The summed E-state index contributed by atoms with van der Waals surface area (Å²) in [6.45, 7) is 5.00. The van der Waals surface area contributed by atoms with Crippen LogP contribution in [0.2, 0.25) is 0 Å². The van der Waals surface area contributed by atoms with E-state index in [1.54, 1.807) is 13.2 Å². The van der Waals surface area contributed by atoms with E-state index in [1.165, 1.54) is 6.42 Å². The summed E-state index contributed by atoms with van der Waals surface area (Å²) in [6.07, 6.45) is 6.52. The van der Waals surface area contributed by atoms with E-state index in [9.17, 15) is 9.59 Å². The van der Waals surface area contributed by atoms with Crippen LogP contribution in [0.5, 0.6) is 0 Å². The van der Waals surface area contributed by atoms with Gasteiger partial charge in [0, 0.05) is 71.4 Å². The van der Waals surface area contributed by atoms with E-state index in [0.717, 1.165) is 74.4 Å². The molecule has 0 bridgehead atoms. The van der Waals surface area contributed by atoms with Crippen LogP contribution < -0.4 is 16.0 Å². The summed E-state index contributed by atoms with van der Waals surface area (Å²) in [7, 11) is 1.72. The molecule has 0 radical (unpaired) electrons. The van der Waals surface area contributed by atoms with Crippen LogP contribution in [0.25, 0.3) is 11.0 Å². The van der Waals surface area contributed by atoms with Crippen molar-refractivity contribution in [2.75, 3.05) is 51.3 Å². The summed E-state index contributed by atoms with van der Waals surface area (Å²) in [5.41, 5.74) is 8.80. The number of piperidine rings is 2. The van der Waals surface area contributed by atoms with Gasteiger partial charge in [-0.2, -0.15) is 0 Å². The zero-order valence-electron chi connectivity index (χ0n) is 24.1. The van der Waals surface area contributed by atoms with Gasteiger partial charge >= 0.3 is 0 Å². The van der Waals surface area contributed by atoms with Crippen LogP contribution in [0.3, 0.4) is 0 Å². The molecule has 2 atom stereocenters. The van der Waals surface area contributed by atoms with Gasteiger partial charge in [0.1, 0.15) is 17.3 Å². The molecule has 3 aromatic rings. The Balaban J connectivity index is 1.16. The van der Waals surface area contributed by atoms with Gasteiger partial charge in [-0.15, -0.1) is 0 Å². The van der Waals surface area contributed by atoms with Crippen LogP contribution in [0.4, 0.5) is 5.82 Å². The lowest BCUT2D eigenvalue weighted by molar-refractivity contribution is -0.132. The molecule has 2 aliphatic rings. The number of para-hydroxylation sites is 2. The SMILES string of the molecule is COCCCn1c([C@@H]2CCCN(C(=O)C[C@H](N)CNC(=O)c3cccc(N4CCCCC4)n3)C2)nc2ccccc21. The Hall–Kier alpha value is -3.50. The van der Waals surface area contributed by atoms with E-state index in [-0.39, 0.29) is 30.7 Å². The number of aryl methyl sites for hydroxylation is 1. The molecule has 10 heteroatoms. The third kappa shape index (κ3) is 7.23. The first-order valence-electron chi connectivity index (χ1n) is 15.0. The summed E-state index contributed by atoms with van der Waals surface area (Å²) in [5, 5.41) is 2.88. The van der Waals surface area contributed by atoms with Gasteiger partial charge in [0.2, 0.25) is 5.91 Å². The number of hydrogen-bond donors (Lipinski definition) is 2. The fraction of sp³-hybridized carbons (Fsp3) is 0.548. The lowest BCUT2D eigenvalue weighted by Gasteiger charge is -2.33. The number of hydrogen-bond acceptors (Lipinski definition) is 7. The second kappa shape index (κ2) is 13.9. The summed E-state index contributed by atoms with van der Waals surface area (Å²) < 4.78 is 7.58. The van der Waals surface area contributed by atoms with Crippen molar-refractivity contribution in [3.63, 3.8) is 0 Å². The molecule has 2 saturated heterocycles. The maximum Gasteiger partial charge on any atom is 0.270 e. The molecule has 0 aliphatic carbocycles. The van der Waals surface area contributed by atoms with Crippen LogP contribution in [0.15, 0.2) is 42.5 Å². The average Bonchev–Trinajstić information content (AvgIpc) is 3.39. The van der Waals surface area contributed by atoms with Crippen molar-refractivity contribution in [2.45, 2.75) is 63.5 Å². The zero-order chi connectivity index (χ0) is 28.6. The molecule has 0 saturated carbocycles. The van der Waals surface area contributed by atoms with E-state index < -0.39 is 6.04 Å². The molecule has 0 spiro atoms. The highest BCUT2D eigenvalue weighted by molar-refractivity contribution is 5.92. The number of fused-ring (bicyclic) bond motifs is 1. The number of anilines is 1. The Labute approximate surface area is 242 Å². The lowest BCUT2D eigenvalue weighted by atomic mass is 9.96. The van der Waals surface area contributed by atoms with Crippen LogP contribution in [0, 0.1) is 0 Å². The number of aromatic nitrogens is 3. The Morgan fingerprint density at radius 3 is 2.71 bits per heavy atom. The van der Waals surface area contributed by atoms with E-state index in [4.69, 9.17) is 15.5 Å². The van der Waals surface area contributed by atoms with Crippen molar-refractivity contribution < 1.29 is 14.3 Å². The molecule has 1 aromatic carbocycles. The van der Waals surface area contributed by atoms with Crippen LogP contribution >= 0.6 is 0 Å². The summed E-state index contributed by atoms with van der Waals surface area (Å²) in [5.74, 6) is 1.79. The summed E-state index contributed by atoms with van der Waals surface area (Å²) >= 11 is 0. The summed E-state index contributed by atoms with van der Waals surface area (Å²) in [4.78, 5) is 39.8. The van der Waals surface area contributed by atoms with E-state index >= 15 is 0 Å². The van der Waals surface area contributed by atoms with Crippen LogP contribution in [-0.2, 0) is 16.1 Å². The second-order valence-electron chi connectivity index (χ2n) is 11.2. The van der Waals surface area contributed by atoms with Gasteiger partial charge in [-0.3, -0.25) is 9.59 Å². The van der Waals surface area contributed by atoms with Crippen molar-refractivity contribution in [1.29, 1.82) is 0 Å². The van der Waals surface area contributed by atoms with E-state index in [1.807, 2.05) is 35.2 Å². The zero-order valence-corrected chi connectivity index (χ0v) is 24.1. The number of carbonyl (C=O) groups excluding carboxylic acids is 2. The highest BCUT2D eigenvalue weighted by Gasteiger charge is 2.29. The van der Waals surface area contributed by atoms with Gasteiger partial charge in [-0.25, -0.2) is 9.97 Å². The van der Waals surface area contributed by atoms with Gasteiger partial charge < -0.3 is 30.2 Å². The lowest BCUT2D eigenvalue weighted by Crippen LogP contribution is -2.45. The normalized spacial score (nSPS) is 18.4. The Morgan fingerprint density at radius 1 is 1.05 bits per heavy atom. The van der Waals surface area contributed by atoms with Gasteiger partial charge in [-0.05, 0) is 62.8 Å². The van der Waals surface area contributed by atoms with Gasteiger partial charge in [0.25, 0.3) is 5.91 Å². The van der Waals surface area contributed by atoms with E-state index in [2.05, 4.69) is 25.8 Å². The standard InChI is InChI=1S/C31H43N7O3/c1-41-19-9-18-38-27-13-4-3-11-25(27)35-30(38)23-10-8-17-37(22-23)29(39)20-24(32)21-33-31(40)26-12-7-14-28(34-26)36-15-5-2-6-16-36/h3-4,7,11-14,23-24H,2,5-6,8-10,15-22,32H2,1H3,(H,33,40)/t23-,24+/m1/s1. The van der Waals surface area contributed by atoms with Crippen molar-refractivity contribution in [3.05, 3.63) is 54.0 Å². The smallest absolute Gasteiger partial charge is 0.270 e. The van der Waals surface area contributed by atoms with Gasteiger partial charge in [-0.1, -0.05) is 18.2 Å². The van der Waals surface area contributed by atoms with Gasteiger partial charge in [0.15, 0.2) is 0 Å². The highest BCUT2D eigenvalue weighted by Crippen LogP contribution is 2.30. The summed E-state index contributed by atoms with van der Waals surface area (Å²) in [6, 6.07) is 13.3. The second-order valence-corrected chi connectivity index (χ2v) is 11.2. The first-order valence-corrected chi connectivity index (χ1v) is 15.0. The number of pyridine rings is 1. The molecule has 5 rings (SSSR count). The molecule has 2 amide bonds.